The van der Waals surface area contributed by atoms with Crippen molar-refractivity contribution >= 4 is 16.9 Å². The van der Waals surface area contributed by atoms with Crippen LogP contribution in [-0.2, 0) is 4.74 Å². The van der Waals surface area contributed by atoms with Crippen LogP contribution in [-0.4, -0.2) is 49.2 Å². The molecule has 22 heavy (non-hydrogen) atoms. The van der Waals surface area contributed by atoms with Gasteiger partial charge in [0.25, 0.3) is 0 Å². The lowest BCUT2D eigenvalue weighted by atomic mass is 9.98. The van der Waals surface area contributed by atoms with Crippen LogP contribution in [0.5, 0.6) is 0 Å². The first kappa shape index (κ1) is 14.7. The number of nitrogens with two attached hydrogens (primary N) is 1. The molecule has 0 aliphatic carbocycles. The average Bonchev–Trinajstić information content (AvgIpc) is 2.97. The first-order chi connectivity index (χ1) is 10.4. The van der Waals surface area contributed by atoms with Gasteiger partial charge in [-0.3, -0.25) is 0 Å². The van der Waals surface area contributed by atoms with Crippen LogP contribution in [0.3, 0.4) is 0 Å². The van der Waals surface area contributed by atoms with Gasteiger partial charge in [0.1, 0.15) is 30.0 Å². The van der Waals surface area contributed by atoms with Crippen molar-refractivity contribution in [1.29, 1.82) is 0 Å². The fourth-order valence-corrected chi connectivity index (χ4v) is 2.76. The van der Waals surface area contributed by atoms with Crippen molar-refractivity contribution in [1.82, 2.24) is 14.5 Å². The van der Waals surface area contributed by atoms with Crippen LogP contribution >= 0.6 is 0 Å². The summed E-state index contributed by atoms with van der Waals surface area (Å²) in [5.41, 5.74) is 4.38. The molecule has 1 fully saturated rings. The lowest BCUT2D eigenvalue weighted by Crippen LogP contribution is -2.40. The van der Waals surface area contributed by atoms with Crippen molar-refractivity contribution < 1.29 is 19.3 Å². The molecule has 1 aliphatic heterocycles. The molecule has 2 aromatic heterocycles. The molecule has 1 saturated heterocycles. The van der Waals surface area contributed by atoms with Gasteiger partial charge in [-0.2, -0.15) is 0 Å². The highest BCUT2D eigenvalue weighted by Gasteiger charge is 2.55. The topological polar surface area (TPSA) is 106 Å². The lowest BCUT2D eigenvalue weighted by molar-refractivity contribution is -0.0564. The molecule has 0 radical (unpaired) electrons. The Morgan fingerprint density at radius 1 is 1.59 bits per heavy atom. The molecule has 0 bridgehead atoms. The van der Waals surface area contributed by atoms with Gasteiger partial charge in [0, 0.05) is 6.20 Å². The zero-order valence-electron chi connectivity index (χ0n) is 11.8. The number of alkyl halides is 1. The molecule has 0 amide bonds. The Bertz CT molecular complexity index is 767. The van der Waals surface area contributed by atoms with Crippen LogP contribution in [0.1, 0.15) is 18.7 Å². The molecule has 3 heterocycles. The van der Waals surface area contributed by atoms with Crippen molar-refractivity contribution in [2.75, 3.05) is 12.3 Å². The zero-order valence-corrected chi connectivity index (χ0v) is 11.8. The number of fused-ring (bicyclic) bond motifs is 1. The third-order valence-corrected chi connectivity index (χ3v) is 3.94. The highest BCUT2D eigenvalue weighted by molar-refractivity contribution is 5.92. The highest BCUT2D eigenvalue weighted by atomic mass is 19.1. The van der Waals surface area contributed by atoms with E-state index in [2.05, 4.69) is 15.9 Å². The Morgan fingerprint density at radius 3 is 2.91 bits per heavy atom. The van der Waals surface area contributed by atoms with E-state index in [-0.39, 0.29) is 5.82 Å². The van der Waals surface area contributed by atoms with E-state index in [1.807, 2.05) is 0 Å². The van der Waals surface area contributed by atoms with Gasteiger partial charge in [0.2, 0.25) is 0 Å². The van der Waals surface area contributed by atoms with Gasteiger partial charge < -0.3 is 25.3 Å². The Morgan fingerprint density at radius 2 is 2.32 bits per heavy atom. The molecule has 8 heteroatoms. The molecule has 2 unspecified atom stereocenters. The predicted molar refractivity (Wildman–Crippen MR) is 76.4 cm³/mol. The molecule has 4 atom stereocenters. The number of nitrogens with zero attached hydrogens (tertiary/aromatic N) is 3. The Labute approximate surface area is 125 Å². The lowest BCUT2D eigenvalue weighted by Gasteiger charge is -2.25. The molecular formula is C14H15FN4O3. The van der Waals surface area contributed by atoms with Crippen LogP contribution in [0, 0.1) is 12.3 Å². The van der Waals surface area contributed by atoms with Gasteiger partial charge in [0.15, 0.2) is 11.9 Å². The van der Waals surface area contributed by atoms with E-state index in [0.717, 1.165) is 0 Å². The van der Waals surface area contributed by atoms with Gasteiger partial charge >= 0.3 is 0 Å². The largest absolute Gasteiger partial charge is 0.394 e. The molecule has 0 saturated carbocycles. The minimum absolute atomic E-state index is 0.175. The van der Waals surface area contributed by atoms with E-state index in [1.54, 1.807) is 0 Å². The van der Waals surface area contributed by atoms with Crippen molar-refractivity contribution in [3.05, 3.63) is 18.1 Å². The summed E-state index contributed by atoms with van der Waals surface area (Å²) in [7, 11) is 0. The van der Waals surface area contributed by atoms with E-state index in [4.69, 9.17) is 16.9 Å². The van der Waals surface area contributed by atoms with Gasteiger partial charge in [-0.05, 0) is 6.92 Å². The summed E-state index contributed by atoms with van der Waals surface area (Å²) >= 11 is 0. The number of hydrogen-bond donors (Lipinski definition) is 3. The normalized spacial score (nSPS) is 31.5. The molecule has 0 spiro atoms. The van der Waals surface area contributed by atoms with Gasteiger partial charge in [-0.15, -0.1) is 6.42 Å². The standard InChI is InChI=1S/C14H15FN4O3/c1-3-7-4-19(12-9(7)11(16)17-6-18-12)13-14(2,15)10(21)8(5-20)22-13/h1,4,6,8,10,13,20-21H,5H2,2H3,(H2,16,17,18)/t8?,10-,13?,14-/m1/s1. The molecule has 0 aromatic carbocycles. The minimum atomic E-state index is -2.13. The molecule has 2 aromatic rings. The van der Waals surface area contributed by atoms with Crippen LogP contribution in [0.2, 0.25) is 0 Å². The predicted octanol–water partition coefficient (Wildman–Crippen LogP) is -0.0264. The third kappa shape index (κ3) is 1.87. The minimum Gasteiger partial charge on any atom is -0.394 e. The summed E-state index contributed by atoms with van der Waals surface area (Å²) in [5, 5.41) is 19.6. The summed E-state index contributed by atoms with van der Waals surface area (Å²) in [5.74, 6) is 2.62. The third-order valence-electron chi connectivity index (χ3n) is 3.94. The first-order valence-electron chi connectivity index (χ1n) is 6.62. The van der Waals surface area contributed by atoms with Crippen LogP contribution in [0.4, 0.5) is 10.2 Å². The second-order valence-corrected chi connectivity index (χ2v) is 5.36. The number of aliphatic hydroxyl groups is 2. The van der Waals surface area contributed by atoms with Crippen molar-refractivity contribution in [2.45, 2.75) is 31.0 Å². The van der Waals surface area contributed by atoms with E-state index < -0.39 is 30.7 Å². The Hall–Kier alpha value is -2.21. The van der Waals surface area contributed by atoms with Crippen molar-refractivity contribution in [3.63, 3.8) is 0 Å². The smallest absolute Gasteiger partial charge is 0.181 e. The summed E-state index contributed by atoms with van der Waals surface area (Å²) in [6.07, 6.45) is 4.45. The second kappa shape index (κ2) is 4.91. The van der Waals surface area contributed by atoms with Gasteiger partial charge in [-0.25, -0.2) is 14.4 Å². The fraction of sp³-hybridized carbons (Fsp3) is 0.429. The zero-order chi connectivity index (χ0) is 16.1. The maximum absolute atomic E-state index is 14.9. The fourth-order valence-electron chi connectivity index (χ4n) is 2.76. The maximum atomic E-state index is 14.9. The number of halogens is 1. The van der Waals surface area contributed by atoms with Crippen LogP contribution in [0.25, 0.3) is 11.0 Å². The molecule has 1 aliphatic rings. The quantitative estimate of drug-likeness (QED) is 0.673. The van der Waals surface area contributed by atoms with Crippen LogP contribution in [0.15, 0.2) is 12.5 Å². The number of nitrogen functional groups attached to an aromatic ring is 1. The Balaban J connectivity index is 2.20. The molecule has 7 nitrogen and oxygen atoms in total. The molecule has 3 rings (SSSR count). The second-order valence-electron chi connectivity index (χ2n) is 5.36. The summed E-state index contributed by atoms with van der Waals surface area (Å²) in [6, 6.07) is 0. The average molecular weight is 306 g/mol. The highest BCUT2D eigenvalue weighted by Crippen LogP contribution is 2.43. The number of ether oxygens (including phenoxy) is 1. The van der Waals surface area contributed by atoms with E-state index >= 15 is 0 Å². The van der Waals surface area contributed by atoms with E-state index in [0.29, 0.717) is 16.6 Å². The summed E-state index contributed by atoms with van der Waals surface area (Å²) < 4.78 is 21.7. The van der Waals surface area contributed by atoms with Crippen molar-refractivity contribution in [2.24, 2.45) is 0 Å². The maximum Gasteiger partial charge on any atom is 0.181 e. The number of rotatable bonds is 2. The number of aliphatic hydroxyl groups excluding tert-OH is 2. The summed E-state index contributed by atoms with van der Waals surface area (Å²) in [6.45, 7) is 0.694. The first-order valence-corrected chi connectivity index (χ1v) is 6.62. The number of anilines is 1. The van der Waals surface area contributed by atoms with Gasteiger partial charge in [-0.1, -0.05) is 5.92 Å². The molecule has 116 valence electrons. The monoisotopic (exact) mass is 306 g/mol. The van der Waals surface area contributed by atoms with Crippen LogP contribution < -0.4 is 5.73 Å². The SMILES string of the molecule is C#Cc1cn(C2OC(CO)[C@@H](O)[C@@]2(C)F)c2ncnc(N)c12. The van der Waals surface area contributed by atoms with Crippen molar-refractivity contribution in [3.8, 4) is 12.3 Å². The molecular weight excluding hydrogens is 291 g/mol. The molecule has 4 N–H and O–H groups in total. The number of hydrogen-bond acceptors (Lipinski definition) is 6. The van der Waals surface area contributed by atoms with Gasteiger partial charge in [0.05, 0.1) is 17.6 Å². The van der Waals surface area contributed by atoms with E-state index in [1.165, 1.54) is 24.0 Å². The number of aromatic nitrogens is 3. The number of terminal acetylenes is 1. The Kier molecular flexibility index (Phi) is 3.29. The summed E-state index contributed by atoms with van der Waals surface area (Å²) in [4.78, 5) is 7.95. The van der Waals surface area contributed by atoms with E-state index in [9.17, 15) is 14.6 Å².